The monoisotopic (exact) mass is 339 g/mol. The van der Waals surface area contributed by atoms with Crippen LogP contribution < -0.4 is 0 Å². The van der Waals surface area contributed by atoms with E-state index >= 15 is 0 Å². The van der Waals surface area contributed by atoms with E-state index in [4.69, 9.17) is 4.98 Å². The number of thiophene rings is 1. The lowest BCUT2D eigenvalue weighted by Gasteiger charge is -2.19. The van der Waals surface area contributed by atoms with Crippen LogP contribution in [0, 0.1) is 0 Å². The molecule has 0 atom stereocenters. The Labute approximate surface area is 143 Å². The number of hydrogen-bond donors (Lipinski definition) is 2. The highest BCUT2D eigenvalue weighted by molar-refractivity contribution is 7.09. The van der Waals surface area contributed by atoms with Crippen molar-refractivity contribution in [3.05, 3.63) is 56.9 Å². The van der Waals surface area contributed by atoms with E-state index in [0.717, 1.165) is 41.6 Å². The molecule has 2 aromatic heterocycles. The van der Waals surface area contributed by atoms with Gasteiger partial charge in [0, 0.05) is 16.7 Å². The number of benzene rings is 1. The number of aromatic nitrogens is 1. The Balaban J connectivity index is 1.99. The van der Waals surface area contributed by atoms with Crippen LogP contribution in [0.2, 0.25) is 0 Å². The number of aryl methyl sites for hydroxylation is 2. The molecule has 5 heteroatoms. The summed E-state index contributed by atoms with van der Waals surface area (Å²) in [7, 11) is 0. The molecule has 0 bridgehead atoms. The van der Waals surface area contributed by atoms with Gasteiger partial charge in [-0.25, -0.2) is 9.78 Å². The van der Waals surface area contributed by atoms with Crippen LogP contribution in [0.15, 0.2) is 29.6 Å². The van der Waals surface area contributed by atoms with Crippen LogP contribution in [-0.2, 0) is 19.3 Å². The summed E-state index contributed by atoms with van der Waals surface area (Å²) in [5.41, 5.74) is 3.56. The maximum absolute atomic E-state index is 11.8. The highest BCUT2D eigenvalue weighted by Gasteiger charge is 2.23. The molecule has 0 spiro atoms. The molecule has 0 unspecified atom stereocenters. The molecule has 4 rings (SSSR count). The molecule has 0 aliphatic heterocycles. The molecule has 0 amide bonds. The third-order valence-electron chi connectivity index (χ3n) is 4.66. The zero-order chi connectivity index (χ0) is 16.7. The summed E-state index contributed by atoms with van der Waals surface area (Å²) in [6, 6.07) is 7.70. The molecule has 0 radical (unpaired) electrons. The highest BCUT2D eigenvalue weighted by atomic mass is 32.1. The van der Waals surface area contributed by atoms with Gasteiger partial charge in [-0.1, -0.05) is 18.2 Å². The van der Waals surface area contributed by atoms with Crippen LogP contribution in [0.1, 0.15) is 44.9 Å². The van der Waals surface area contributed by atoms with E-state index < -0.39 is 5.97 Å². The van der Waals surface area contributed by atoms with E-state index in [1.54, 1.807) is 17.4 Å². The molecule has 122 valence electrons. The van der Waals surface area contributed by atoms with Crippen molar-refractivity contribution >= 4 is 28.2 Å². The highest BCUT2D eigenvalue weighted by Crippen LogP contribution is 2.35. The van der Waals surface area contributed by atoms with Gasteiger partial charge in [-0.2, -0.15) is 0 Å². The van der Waals surface area contributed by atoms with Crippen molar-refractivity contribution in [3.63, 3.8) is 0 Å². The quantitative estimate of drug-likeness (QED) is 0.751. The molecule has 2 N–H and O–H groups in total. The van der Waals surface area contributed by atoms with Crippen molar-refractivity contribution in [1.29, 1.82) is 0 Å². The SMILES string of the molecule is O=C(O)c1c(O)c(Cc2cccs2)nc2c3c(ccc12)CCCC3. The van der Waals surface area contributed by atoms with Crippen molar-refractivity contribution in [2.45, 2.75) is 32.1 Å². The number of carbonyl (C=O) groups is 1. The maximum atomic E-state index is 11.8. The number of hydrogen-bond acceptors (Lipinski definition) is 4. The molecular weight excluding hydrogens is 322 g/mol. The molecule has 0 saturated heterocycles. The number of nitrogens with zero attached hydrogens (tertiary/aromatic N) is 1. The van der Waals surface area contributed by atoms with Gasteiger partial charge in [-0.05, 0) is 48.3 Å². The van der Waals surface area contributed by atoms with Gasteiger partial charge >= 0.3 is 5.97 Å². The third-order valence-corrected chi connectivity index (χ3v) is 5.54. The molecule has 4 nitrogen and oxygen atoms in total. The summed E-state index contributed by atoms with van der Waals surface area (Å²) >= 11 is 1.58. The van der Waals surface area contributed by atoms with Crippen molar-refractivity contribution in [3.8, 4) is 5.75 Å². The molecule has 1 aliphatic rings. The van der Waals surface area contributed by atoms with Crippen LogP contribution in [0.4, 0.5) is 0 Å². The lowest BCUT2D eigenvalue weighted by atomic mass is 9.88. The molecule has 1 aromatic carbocycles. The minimum absolute atomic E-state index is 0.0278. The number of fused-ring (bicyclic) bond motifs is 3. The minimum atomic E-state index is -1.11. The lowest BCUT2D eigenvalue weighted by molar-refractivity contribution is 0.0695. The van der Waals surface area contributed by atoms with Crippen LogP contribution in [0.25, 0.3) is 10.9 Å². The third kappa shape index (κ3) is 2.45. The normalized spacial score (nSPS) is 13.8. The predicted molar refractivity (Wildman–Crippen MR) is 94.1 cm³/mol. The molecule has 0 fully saturated rings. The average molecular weight is 339 g/mol. The second kappa shape index (κ2) is 5.91. The van der Waals surface area contributed by atoms with Crippen molar-refractivity contribution in [2.24, 2.45) is 0 Å². The van der Waals surface area contributed by atoms with Crippen LogP contribution >= 0.6 is 11.3 Å². The molecular formula is C19H17NO3S. The Morgan fingerprint density at radius 1 is 1.21 bits per heavy atom. The number of pyridine rings is 1. The molecule has 24 heavy (non-hydrogen) atoms. The summed E-state index contributed by atoms with van der Waals surface area (Å²) in [6.07, 6.45) is 4.63. The first-order valence-corrected chi connectivity index (χ1v) is 8.95. The summed E-state index contributed by atoms with van der Waals surface area (Å²) in [4.78, 5) is 17.5. The standard InChI is InChI=1S/C19H17NO3S/c21-18-15(10-12-5-3-9-24-12)20-17-13-6-2-1-4-11(13)7-8-14(17)16(18)19(22)23/h3,5,7-9,21H,1-2,4,6,10H2,(H,22,23). The van der Waals surface area contributed by atoms with Crippen LogP contribution in [-0.4, -0.2) is 21.2 Å². The Morgan fingerprint density at radius 2 is 2.04 bits per heavy atom. The summed E-state index contributed by atoms with van der Waals surface area (Å²) in [5.74, 6) is -1.32. The van der Waals surface area contributed by atoms with Gasteiger partial charge < -0.3 is 10.2 Å². The molecule has 3 aromatic rings. The molecule has 2 heterocycles. The Morgan fingerprint density at radius 3 is 2.79 bits per heavy atom. The maximum Gasteiger partial charge on any atom is 0.340 e. The Kier molecular flexibility index (Phi) is 3.73. The first kappa shape index (κ1) is 15.1. The zero-order valence-corrected chi connectivity index (χ0v) is 13.9. The van der Waals surface area contributed by atoms with Crippen molar-refractivity contribution in [1.82, 2.24) is 4.98 Å². The number of carboxylic acids is 1. The lowest BCUT2D eigenvalue weighted by Crippen LogP contribution is -2.09. The Hall–Kier alpha value is -2.40. The summed E-state index contributed by atoms with van der Waals surface area (Å²) in [6.45, 7) is 0. The zero-order valence-electron chi connectivity index (χ0n) is 13.1. The minimum Gasteiger partial charge on any atom is -0.505 e. The van der Waals surface area contributed by atoms with E-state index in [9.17, 15) is 15.0 Å². The van der Waals surface area contributed by atoms with Gasteiger partial charge in [0.1, 0.15) is 5.56 Å². The summed E-state index contributed by atoms with van der Waals surface area (Å²) < 4.78 is 0. The van der Waals surface area contributed by atoms with Gasteiger partial charge in [-0.3, -0.25) is 0 Å². The van der Waals surface area contributed by atoms with E-state index in [0.29, 0.717) is 17.5 Å². The smallest absolute Gasteiger partial charge is 0.340 e. The van der Waals surface area contributed by atoms with Gasteiger partial charge in [0.25, 0.3) is 0 Å². The predicted octanol–water partition coefficient (Wildman–Crippen LogP) is 4.17. The fourth-order valence-electron chi connectivity index (χ4n) is 3.52. The summed E-state index contributed by atoms with van der Waals surface area (Å²) in [5, 5.41) is 22.7. The molecule has 1 aliphatic carbocycles. The second-order valence-electron chi connectivity index (χ2n) is 6.15. The fraction of sp³-hybridized carbons (Fsp3) is 0.263. The van der Waals surface area contributed by atoms with Gasteiger partial charge in [0.15, 0.2) is 5.75 Å². The van der Waals surface area contributed by atoms with E-state index in [2.05, 4.69) is 0 Å². The number of carboxylic acid groups (broad SMARTS) is 1. The molecule has 0 saturated carbocycles. The largest absolute Gasteiger partial charge is 0.505 e. The van der Waals surface area contributed by atoms with Crippen LogP contribution in [0.3, 0.4) is 0 Å². The topological polar surface area (TPSA) is 70.4 Å². The second-order valence-corrected chi connectivity index (χ2v) is 7.18. The van der Waals surface area contributed by atoms with Gasteiger partial charge in [0.05, 0.1) is 11.2 Å². The average Bonchev–Trinajstić information content (AvgIpc) is 3.08. The Bertz CT molecular complexity index is 932. The fourth-order valence-corrected chi connectivity index (χ4v) is 4.22. The van der Waals surface area contributed by atoms with Gasteiger partial charge in [-0.15, -0.1) is 11.3 Å². The first-order chi connectivity index (χ1) is 11.6. The van der Waals surface area contributed by atoms with Crippen LogP contribution in [0.5, 0.6) is 5.75 Å². The number of aromatic hydroxyl groups is 1. The van der Waals surface area contributed by atoms with Crippen molar-refractivity contribution < 1.29 is 15.0 Å². The van der Waals surface area contributed by atoms with Gasteiger partial charge in [0.2, 0.25) is 0 Å². The first-order valence-electron chi connectivity index (χ1n) is 8.07. The number of aromatic carboxylic acids is 1. The van der Waals surface area contributed by atoms with Crippen molar-refractivity contribution in [2.75, 3.05) is 0 Å². The van der Waals surface area contributed by atoms with E-state index in [1.807, 2.05) is 23.6 Å². The van der Waals surface area contributed by atoms with E-state index in [-0.39, 0.29) is 11.3 Å². The number of rotatable bonds is 3. The van der Waals surface area contributed by atoms with E-state index in [1.165, 1.54) is 5.56 Å².